The van der Waals surface area contributed by atoms with Crippen LogP contribution in [-0.2, 0) is 13.0 Å². The van der Waals surface area contributed by atoms with Gasteiger partial charge in [0.2, 0.25) is 0 Å². The Balaban J connectivity index is 1.95. The molecule has 0 aliphatic carbocycles. The fourth-order valence-electron chi connectivity index (χ4n) is 1.77. The Labute approximate surface area is 103 Å². The molecule has 2 aromatic carbocycles. The van der Waals surface area contributed by atoms with Crippen molar-refractivity contribution in [2.45, 2.75) is 26.8 Å². The minimum Gasteiger partial charge on any atom is -0.381 e. The molecule has 0 aliphatic heterocycles. The highest BCUT2D eigenvalue weighted by Gasteiger charge is 1.94. The normalized spacial score (nSPS) is 10.2. The van der Waals surface area contributed by atoms with E-state index in [1.807, 2.05) is 0 Å². The number of benzene rings is 2. The molecule has 88 valence electrons. The summed E-state index contributed by atoms with van der Waals surface area (Å²) in [7, 11) is 0. The van der Waals surface area contributed by atoms with Gasteiger partial charge >= 0.3 is 0 Å². The van der Waals surface area contributed by atoms with Crippen molar-refractivity contribution in [3.8, 4) is 0 Å². The molecule has 0 unspecified atom stereocenters. The molecule has 0 atom stereocenters. The highest BCUT2D eigenvalue weighted by atomic mass is 14.9. The molecule has 1 N–H and O–H groups in total. The second-order valence-corrected chi connectivity index (χ2v) is 4.39. The molecule has 0 aliphatic rings. The lowest BCUT2D eigenvalue weighted by atomic mass is 10.1. The molecule has 0 aromatic heterocycles. The van der Waals surface area contributed by atoms with E-state index in [0.29, 0.717) is 0 Å². The summed E-state index contributed by atoms with van der Waals surface area (Å²) in [5.41, 5.74) is 5.19. The van der Waals surface area contributed by atoms with Crippen LogP contribution in [0.15, 0.2) is 48.5 Å². The fourth-order valence-corrected chi connectivity index (χ4v) is 1.77. The molecule has 1 nitrogen and oxygen atoms in total. The van der Waals surface area contributed by atoms with E-state index in [1.54, 1.807) is 0 Å². The third kappa shape index (κ3) is 3.35. The van der Waals surface area contributed by atoms with Crippen molar-refractivity contribution in [2.24, 2.45) is 0 Å². The fraction of sp³-hybridized carbons (Fsp3) is 0.250. The van der Waals surface area contributed by atoms with Crippen molar-refractivity contribution in [1.29, 1.82) is 0 Å². The number of anilines is 1. The smallest absolute Gasteiger partial charge is 0.0400 e. The van der Waals surface area contributed by atoms with Crippen LogP contribution in [0.25, 0.3) is 0 Å². The third-order valence-corrected chi connectivity index (χ3v) is 2.98. The van der Waals surface area contributed by atoms with Crippen LogP contribution in [0.5, 0.6) is 0 Å². The van der Waals surface area contributed by atoms with Crippen molar-refractivity contribution in [1.82, 2.24) is 0 Å². The summed E-state index contributed by atoms with van der Waals surface area (Å²) >= 11 is 0. The van der Waals surface area contributed by atoms with E-state index in [-0.39, 0.29) is 0 Å². The highest BCUT2D eigenvalue weighted by Crippen LogP contribution is 2.11. The van der Waals surface area contributed by atoms with Gasteiger partial charge in [0, 0.05) is 12.2 Å². The van der Waals surface area contributed by atoms with E-state index < -0.39 is 0 Å². The van der Waals surface area contributed by atoms with Crippen LogP contribution >= 0.6 is 0 Å². The Kier molecular flexibility index (Phi) is 3.81. The summed E-state index contributed by atoms with van der Waals surface area (Å²) in [5.74, 6) is 0. The van der Waals surface area contributed by atoms with Crippen LogP contribution in [0.3, 0.4) is 0 Å². The van der Waals surface area contributed by atoms with Gasteiger partial charge in [-0.05, 0) is 36.6 Å². The monoisotopic (exact) mass is 225 g/mol. The molecule has 0 saturated carbocycles. The van der Waals surface area contributed by atoms with Crippen molar-refractivity contribution in [2.75, 3.05) is 5.32 Å². The lowest BCUT2D eigenvalue weighted by molar-refractivity contribution is 1.11. The van der Waals surface area contributed by atoms with E-state index in [9.17, 15) is 0 Å². The van der Waals surface area contributed by atoms with Crippen molar-refractivity contribution in [3.63, 3.8) is 0 Å². The second kappa shape index (κ2) is 5.53. The zero-order chi connectivity index (χ0) is 12.1. The summed E-state index contributed by atoms with van der Waals surface area (Å²) < 4.78 is 0. The van der Waals surface area contributed by atoms with Crippen molar-refractivity contribution in [3.05, 3.63) is 65.2 Å². The zero-order valence-electron chi connectivity index (χ0n) is 10.5. The molecule has 2 rings (SSSR count). The summed E-state index contributed by atoms with van der Waals surface area (Å²) in [4.78, 5) is 0. The van der Waals surface area contributed by atoms with Gasteiger partial charge < -0.3 is 5.32 Å². The van der Waals surface area contributed by atoms with E-state index >= 15 is 0 Å². The minimum atomic E-state index is 0.882. The van der Waals surface area contributed by atoms with E-state index in [1.165, 1.54) is 22.4 Å². The van der Waals surface area contributed by atoms with Gasteiger partial charge in [0.05, 0.1) is 0 Å². The van der Waals surface area contributed by atoms with Gasteiger partial charge in [0.25, 0.3) is 0 Å². The van der Waals surface area contributed by atoms with Crippen molar-refractivity contribution < 1.29 is 0 Å². The summed E-state index contributed by atoms with van der Waals surface area (Å²) in [6, 6.07) is 17.3. The van der Waals surface area contributed by atoms with Crippen molar-refractivity contribution >= 4 is 5.69 Å². The van der Waals surface area contributed by atoms with Gasteiger partial charge in [-0.2, -0.15) is 0 Å². The average molecular weight is 225 g/mol. The Morgan fingerprint density at radius 1 is 0.824 bits per heavy atom. The van der Waals surface area contributed by atoms with E-state index in [2.05, 4.69) is 67.7 Å². The molecule has 0 amide bonds. The molecule has 0 spiro atoms. The molecule has 17 heavy (non-hydrogen) atoms. The molecule has 1 heteroatoms. The predicted molar refractivity (Wildman–Crippen MR) is 74.3 cm³/mol. The quantitative estimate of drug-likeness (QED) is 0.823. The van der Waals surface area contributed by atoms with Gasteiger partial charge in [-0.3, -0.25) is 0 Å². The van der Waals surface area contributed by atoms with Crippen LogP contribution in [0.4, 0.5) is 5.69 Å². The Morgan fingerprint density at radius 2 is 1.41 bits per heavy atom. The van der Waals surface area contributed by atoms with Gasteiger partial charge in [-0.15, -0.1) is 0 Å². The van der Waals surface area contributed by atoms with Gasteiger partial charge in [0.1, 0.15) is 0 Å². The Hall–Kier alpha value is -1.76. The van der Waals surface area contributed by atoms with Gasteiger partial charge in [-0.1, -0.05) is 48.9 Å². The zero-order valence-corrected chi connectivity index (χ0v) is 10.5. The van der Waals surface area contributed by atoms with Crippen LogP contribution in [0, 0.1) is 6.92 Å². The second-order valence-electron chi connectivity index (χ2n) is 4.39. The molecular formula is C16H19N. The molecule has 0 saturated heterocycles. The maximum atomic E-state index is 3.43. The lowest BCUT2D eigenvalue weighted by Gasteiger charge is -2.07. The van der Waals surface area contributed by atoms with Gasteiger partial charge in [0.15, 0.2) is 0 Å². The largest absolute Gasteiger partial charge is 0.381 e. The molecule has 0 radical (unpaired) electrons. The highest BCUT2D eigenvalue weighted by molar-refractivity contribution is 5.45. The summed E-state index contributed by atoms with van der Waals surface area (Å²) in [5, 5.41) is 3.43. The van der Waals surface area contributed by atoms with Crippen LogP contribution in [0.1, 0.15) is 23.6 Å². The SMILES string of the molecule is CCc1ccc(CNc2ccc(C)cc2)cc1. The lowest BCUT2D eigenvalue weighted by Crippen LogP contribution is -1.99. The van der Waals surface area contributed by atoms with Crippen LogP contribution in [-0.4, -0.2) is 0 Å². The third-order valence-electron chi connectivity index (χ3n) is 2.98. The standard InChI is InChI=1S/C16H19N/c1-3-14-6-8-15(9-7-14)12-17-16-10-4-13(2)5-11-16/h4-11,17H,3,12H2,1-2H3. The van der Waals surface area contributed by atoms with Gasteiger partial charge in [-0.25, -0.2) is 0 Å². The van der Waals surface area contributed by atoms with Crippen LogP contribution < -0.4 is 5.32 Å². The first-order chi connectivity index (χ1) is 8.28. The molecule has 2 aromatic rings. The molecular weight excluding hydrogens is 206 g/mol. The Bertz CT molecular complexity index is 454. The number of rotatable bonds is 4. The molecule has 0 bridgehead atoms. The maximum absolute atomic E-state index is 3.43. The van der Waals surface area contributed by atoms with E-state index in [4.69, 9.17) is 0 Å². The Morgan fingerprint density at radius 3 is 2.00 bits per heavy atom. The summed E-state index contributed by atoms with van der Waals surface area (Å²) in [6.07, 6.45) is 1.10. The average Bonchev–Trinajstić information content (AvgIpc) is 2.39. The maximum Gasteiger partial charge on any atom is 0.0400 e. The number of nitrogens with one attached hydrogen (secondary N) is 1. The first-order valence-electron chi connectivity index (χ1n) is 6.16. The molecule has 0 fully saturated rings. The minimum absolute atomic E-state index is 0.882. The predicted octanol–water partition coefficient (Wildman–Crippen LogP) is 4.17. The first-order valence-corrected chi connectivity index (χ1v) is 6.16. The topological polar surface area (TPSA) is 12.0 Å². The molecule has 0 heterocycles. The number of hydrogen-bond donors (Lipinski definition) is 1. The number of aryl methyl sites for hydroxylation is 2. The first kappa shape index (κ1) is 11.7. The van der Waals surface area contributed by atoms with Crippen LogP contribution in [0.2, 0.25) is 0 Å². The summed E-state index contributed by atoms with van der Waals surface area (Å²) in [6.45, 7) is 5.17. The number of hydrogen-bond acceptors (Lipinski definition) is 1. The van der Waals surface area contributed by atoms with E-state index in [0.717, 1.165) is 13.0 Å².